The lowest BCUT2D eigenvalue weighted by Gasteiger charge is -2.37. The molecule has 0 N–H and O–H groups in total. The molecule has 206 valence electrons. The van der Waals surface area contributed by atoms with E-state index in [4.69, 9.17) is 22.2 Å². The summed E-state index contributed by atoms with van der Waals surface area (Å²) < 4.78 is 45.6. The Kier molecular flexibility index (Phi) is 9.08. The maximum Gasteiger partial charge on any atom is 0.423 e. The average Bonchev–Trinajstić information content (AvgIpc) is 2.95. The molecule has 2 heterocycles. The number of nitriles is 1. The molecule has 2 aromatic rings. The van der Waals surface area contributed by atoms with Gasteiger partial charge in [-0.15, -0.1) is 0 Å². The predicted molar refractivity (Wildman–Crippen MR) is 143 cm³/mol. The number of ether oxygens (including phenoxy) is 1. The van der Waals surface area contributed by atoms with Crippen LogP contribution in [0.4, 0.5) is 30.2 Å². The van der Waals surface area contributed by atoms with E-state index in [1.807, 2.05) is 12.1 Å². The van der Waals surface area contributed by atoms with Crippen LogP contribution in [0.3, 0.4) is 0 Å². The zero-order valence-corrected chi connectivity index (χ0v) is 21.8. The Labute approximate surface area is 229 Å². The number of thiocarbonyl (C=S) groups is 1. The third-order valence-electron chi connectivity index (χ3n) is 6.94. The zero-order valence-electron chi connectivity index (χ0n) is 21.0. The zero-order chi connectivity index (χ0) is 28.0. The third-order valence-corrected chi connectivity index (χ3v) is 7.31. The van der Waals surface area contributed by atoms with Gasteiger partial charge in [-0.2, -0.15) is 18.4 Å². The van der Waals surface area contributed by atoms with Crippen molar-refractivity contribution in [3.8, 4) is 6.07 Å². The summed E-state index contributed by atoms with van der Waals surface area (Å²) in [5, 5.41) is 19.8. The quantitative estimate of drug-likeness (QED) is 0.194. The van der Waals surface area contributed by atoms with Gasteiger partial charge < -0.3 is 14.5 Å². The van der Waals surface area contributed by atoms with Crippen LogP contribution in [0.15, 0.2) is 41.5 Å². The van der Waals surface area contributed by atoms with E-state index in [1.54, 1.807) is 18.5 Å². The molecule has 4 rings (SSSR count). The van der Waals surface area contributed by atoms with Gasteiger partial charge in [-0.3, -0.25) is 15.1 Å². The second kappa shape index (κ2) is 12.5. The molecule has 1 aliphatic heterocycles. The van der Waals surface area contributed by atoms with Gasteiger partial charge >= 0.3 is 6.18 Å². The van der Waals surface area contributed by atoms with E-state index in [0.29, 0.717) is 18.4 Å². The van der Waals surface area contributed by atoms with E-state index in [2.05, 4.69) is 19.8 Å². The van der Waals surface area contributed by atoms with E-state index in [9.17, 15) is 23.3 Å². The predicted octanol–water partition coefficient (Wildman–Crippen LogP) is 5.31. The van der Waals surface area contributed by atoms with Crippen LogP contribution in [-0.4, -0.2) is 64.9 Å². The van der Waals surface area contributed by atoms with E-state index >= 15 is 0 Å². The summed E-state index contributed by atoms with van der Waals surface area (Å²) in [5.41, 5.74) is -0.885. The van der Waals surface area contributed by atoms with Crippen LogP contribution >= 0.6 is 12.2 Å². The Morgan fingerprint density at radius 1 is 1.21 bits per heavy atom. The fraction of sp³-hybridized carbons (Fsp3) is 0.462. The van der Waals surface area contributed by atoms with Crippen molar-refractivity contribution in [1.29, 1.82) is 5.26 Å². The van der Waals surface area contributed by atoms with Crippen molar-refractivity contribution in [1.82, 2.24) is 9.88 Å². The van der Waals surface area contributed by atoms with Gasteiger partial charge in [0.1, 0.15) is 22.3 Å². The molecule has 0 spiro atoms. The number of pyridine rings is 1. The molecule has 1 aliphatic carbocycles. The lowest BCUT2D eigenvalue weighted by Crippen LogP contribution is -2.49. The normalized spacial score (nSPS) is 20.2. The molecule has 0 bridgehead atoms. The van der Waals surface area contributed by atoms with Gasteiger partial charge in [-0.25, -0.2) is 4.98 Å². The number of rotatable bonds is 7. The maximum atomic E-state index is 13.2. The summed E-state index contributed by atoms with van der Waals surface area (Å²) in [5.74, 6) is 0.0890. The number of nitrogens with zero attached hydrogens (tertiary/aromatic N) is 6. The van der Waals surface area contributed by atoms with Crippen molar-refractivity contribution in [2.45, 2.75) is 38.0 Å². The number of piperazine rings is 1. The maximum absolute atomic E-state index is 13.2. The summed E-state index contributed by atoms with van der Waals surface area (Å²) in [6.07, 6.45) is 1.68. The Hall–Kier alpha value is -3.63. The highest BCUT2D eigenvalue weighted by atomic mass is 32.1. The van der Waals surface area contributed by atoms with Crippen LogP contribution in [0.2, 0.25) is 0 Å². The van der Waals surface area contributed by atoms with Crippen molar-refractivity contribution >= 4 is 40.5 Å². The van der Waals surface area contributed by atoms with Crippen molar-refractivity contribution in [3.63, 3.8) is 0 Å². The molecule has 1 aromatic heterocycles. The minimum atomic E-state index is -4.83. The molecule has 13 heteroatoms. The highest BCUT2D eigenvalue weighted by Gasteiger charge is 2.38. The van der Waals surface area contributed by atoms with Gasteiger partial charge in [-0.1, -0.05) is 12.2 Å². The minimum absolute atomic E-state index is 0.0344. The number of benzene rings is 1. The number of hydrogen-bond acceptors (Lipinski definition) is 8. The van der Waals surface area contributed by atoms with E-state index < -0.39 is 22.4 Å². The molecule has 0 radical (unpaired) electrons. The summed E-state index contributed by atoms with van der Waals surface area (Å²) in [4.78, 5) is 23.3. The third kappa shape index (κ3) is 7.48. The van der Waals surface area contributed by atoms with Crippen LogP contribution in [0.1, 0.15) is 36.9 Å². The number of nitro benzene ring substituents is 1. The van der Waals surface area contributed by atoms with Gasteiger partial charge in [-0.05, 0) is 55.9 Å². The highest BCUT2D eigenvalue weighted by Crippen LogP contribution is 2.38. The van der Waals surface area contributed by atoms with E-state index in [0.717, 1.165) is 68.6 Å². The fourth-order valence-corrected chi connectivity index (χ4v) is 4.97. The smallest absolute Gasteiger partial charge is 0.371 e. The van der Waals surface area contributed by atoms with Crippen LogP contribution in [-0.2, 0) is 10.9 Å². The molecule has 2 fully saturated rings. The second-order valence-corrected chi connectivity index (χ2v) is 9.93. The Balaban J connectivity index is 1.20. The highest BCUT2D eigenvalue weighted by molar-refractivity contribution is 7.80. The average molecular weight is 561 g/mol. The molecule has 9 nitrogen and oxygen atoms in total. The number of halogens is 3. The van der Waals surface area contributed by atoms with Crippen LogP contribution in [0.25, 0.3) is 0 Å². The van der Waals surface area contributed by atoms with Crippen LogP contribution < -0.4 is 4.90 Å². The molecule has 39 heavy (non-hydrogen) atoms. The first-order valence-electron chi connectivity index (χ1n) is 12.5. The van der Waals surface area contributed by atoms with Gasteiger partial charge in [0.2, 0.25) is 0 Å². The molecule has 1 saturated carbocycles. The van der Waals surface area contributed by atoms with Crippen molar-refractivity contribution in [3.05, 3.63) is 57.9 Å². The van der Waals surface area contributed by atoms with Gasteiger partial charge in [0.25, 0.3) is 5.69 Å². The molecular formula is C26H27F3N6O3S. The van der Waals surface area contributed by atoms with E-state index in [1.165, 1.54) is 6.07 Å². The van der Waals surface area contributed by atoms with E-state index in [-0.39, 0.29) is 17.7 Å². The summed E-state index contributed by atoms with van der Waals surface area (Å²) >= 11 is 5.60. The Bertz CT molecular complexity index is 1250. The standard InChI is InChI=1S/C26H27F3N6O3S/c27-26(28,29)23-13-19(4-8-24(23)35(36)37)31-15-18-1-6-22(7-2-18)38-17-25(39)34-11-9-33(10-12-34)21-5-3-20(14-30)32-16-21/h3-5,8,13,15-16,18,22H,1-2,6-7,9-12,17H2. The largest absolute Gasteiger partial charge is 0.423 e. The fourth-order valence-electron chi connectivity index (χ4n) is 4.72. The lowest BCUT2D eigenvalue weighted by molar-refractivity contribution is -0.388. The molecule has 2 aliphatic rings. The number of nitro groups is 1. The first-order chi connectivity index (χ1) is 18.6. The van der Waals surface area contributed by atoms with Crippen molar-refractivity contribution in [2.24, 2.45) is 10.9 Å². The second-order valence-electron chi connectivity index (χ2n) is 9.46. The summed E-state index contributed by atoms with van der Waals surface area (Å²) in [6.45, 7) is 3.48. The van der Waals surface area contributed by atoms with Crippen molar-refractivity contribution in [2.75, 3.05) is 37.7 Å². The first kappa shape index (κ1) is 28.4. The molecule has 0 unspecified atom stereocenters. The minimum Gasteiger partial charge on any atom is -0.371 e. The number of hydrogen-bond donors (Lipinski definition) is 0. The molecule has 1 saturated heterocycles. The lowest BCUT2D eigenvalue weighted by atomic mass is 9.88. The number of alkyl halides is 3. The molecule has 0 amide bonds. The molecule has 1 aromatic carbocycles. The Morgan fingerprint density at radius 2 is 1.92 bits per heavy atom. The first-order valence-corrected chi connectivity index (χ1v) is 12.9. The number of aromatic nitrogens is 1. The van der Waals surface area contributed by atoms with Crippen LogP contribution in [0, 0.1) is 27.4 Å². The molecule has 0 atom stereocenters. The number of anilines is 1. The molecular weight excluding hydrogens is 533 g/mol. The van der Waals surface area contributed by atoms with Gasteiger partial charge in [0.15, 0.2) is 0 Å². The van der Waals surface area contributed by atoms with Crippen molar-refractivity contribution < 1.29 is 22.8 Å². The monoisotopic (exact) mass is 560 g/mol. The van der Waals surface area contributed by atoms with Crippen LogP contribution in [0.5, 0.6) is 0 Å². The van der Waals surface area contributed by atoms with Gasteiger partial charge in [0, 0.05) is 38.5 Å². The van der Waals surface area contributed by atoms with Gasteiger partial charge in [0.05, 0.1) is 35.2 Å². The SMILES string of the molecule is N#Cc1ccc(N2CCN(C(=S)COC3CCC(C=Nc4ccc([N+](=O)[O-])c(C(F)(F)F)c4)CC3)CC2)cn1. The summed E-state index contributed by atoms with van der Waals surface area (Å²) in [7, 11) is 0. The summed E-state index contributed by atoms with van der Waals surface area (Å²) in [6, 6.07) is 8.40. The Morgan fingerprint density at radius 3 is 2.51 bits per heavy atom. The topological polar surface area (TPSA) is 108 Å². The number of aliphatic imine (C=N–C) groups is 1.